The number of nitrogens with one attached hydrogen (secondary N) is 1. The number of halogens is 1. The molecule has 17 heavy (non-hydrogen) atoms. The quantitative estimate of drug-likeness (QED) is 0.878. The van der Waals surface area contributed by atoms with Gasteiger partial charge >= 0.3 is 0 Å². The fourth-order valence-corrected chi connectivity index (χ4v) is 2.52. The van der Waals surface area contributed by atoms with Crippen LogP contribution in [0.4, 0.5) is 5.69 Å². The molecule has 0 bridgehead atoms. The Balaban J connectivity index is 2.61. The highest BCUT2D eigenvalue weighted by Gasteiger charge is 2.13. The lowest BCUT2D eigenvalue weighted by atomic mass is 10.2. The van der Waals surface area contributed by atoms with Gasteiger partial charge in [0.15, 0.2) is 0 Å². The third-order valence-corrected chi connectivity index (χ3v) is 3.38. The van der Waals surface area contributed by atoms with Crippen molar-refractivity contribution >= 4 is 39.3 Å². The van der Waals surface area contributed by atoms with Crippen LogP contribution in [0.3, 0.4) is 0 Å². The number of rotatable bonds is 5. The van der Waals surface area contributed by atoms with Crippen molar-refractivity contribution < 1.29 is 4.79 Å². The summed E-state index contributed by atoms with van der Waals surface area (Å²) in [6, 6.07) is 5.33. The van der Waals surface area contributed by atoms with Gasteiger partial charge in [-0.2, -0.15) is 11.8 Å². The van der Waals surface area contributed by atoms with E-state index in [-0.39, 0.29) is 5.91 Å². The van der Waals surface area contributed by atoms with Crippen molar-refractivity contribution in [2.45, 2.75) is 19.4 Å². The summed E-state index contributed by atoms with van der Waals surface area (Å²) in [4.78, 5) is 11.8. The zero-order valence-corrected chi connectivity index (χ0v) is 12.4. The van der Waals surface area contributed by atoms with Crippen LogP contribution >= 0.6 is 27.7 Å². The summed E-state index contributed by atoms with van der Waals surface area (Å²) >= 11 is 5.09. The zero-order valence-electron chi connectivity index (χ0n) is 10.00. The average molecular weight is 317 g/mol. The monoisotopic (exact) mass is 316 g/mol. The summed E-state index contributed by atoms with van der Waals surface area (Å²) in [5.41, 5.74) is 7.66. The number of benzene rings is 1. The molecule has 1 amide bonds. The normalized spacial score (nSPS) is 12.2. The van der Waals surface area contributed by atoms with E-state index in [1.54, 1.807) is 11.8 Å². The molecule has 5 heteroatoms. The first kappa shape index (κ1) is 14.5. The van der Waals surface area contributed by atoms with Crippen LogP contribution in [0.2, 0.25) is 0 Å². The SMILES string of the molecule is CSCC[C@@H](N)C(=O)Nc1cc(C)cc(Br)c1. The van der Waals surface area contributed by atoms with Crippen LogP contribution in [0.25, 0.3) is 0 Å². The molecule has 94 valence electrons. The fourth-order valence-electron chi connectivity index (χ4n) is 1.42. The third kappa shape index (κ3) is 5.10. The molecule has 1 atom stereocenters. The summed E-state index contributed by atoms with van der Waals surface area (Å²) in [5, 5.41) is 2.83. The van der Waals surface area contributed by atoms with Crippen molar-refractivity contribution in [2.24, 2.45) is 5.73 Å². The molecule has 3 N–H and O–H groups in total. The van der Waals surface area contributed by atoms with Crippen molar-refractivity contribution in [3.05, 3.63) is 28.2 Å². The van der Waals surface area contributed by atoms with Gasteiger partial charge in [-0.15, -0.1) is 0 Å². The van der Waals surface area contributed by atoms with Crippen molar-refractivity contribution in [3.63, 3.8) is 0 Å². The Morgan fingerprint density at radius 3 is 2.82 bits per heavy atom. The highest BCUT2D eigenvalue weighted by atomic mass is 79.9. The summed E-state index contributed by atoms with van der Waals surface area (Å²) in [5.74, 6) is 0.767. The van der Waals surface area contributed by atoms with Crippen molar-refractivity contribution in [3.8, 4) is 0 Å². The van der Waals surface area contributed by atoms with E-state index in [2.05, 4.69) is 21.2 Å². The molecule has 1 aromatic rings. The number of amides is 1. The van der Waals surface area contributed by atoms with E-state index >= 15 is 0 Å². The van der Waals surface area contributed by atoms with Crippen LogP contribution in [0.1, 0.15) is 12.0 Å². The summed E-state index contributed by atoms with van der Waals surface area (Å²) in [6.45, 7) is 1.98. The molecule has 1 rings (SSSR count). The number of carbonyl (C=O) groups excluding carboxylic acids is 1. The van der Waals surface area contributed by atoms with E-state index in [4.69, 9.17) is 5.73 Å². The number of hydrogen-bond donors (Lipinski definition) is 2. The van der Waals surface area contributed by atoms with Gasteiger partial charge in [0.05, 0.1) is 6.04 Å². The lowest BCUT2D eigenvalue weighted by molar-refractivity contribution is -0.117. The molecule has 0 spiro atoms. The second kappa shape index (κ2) is 7.03. The number of hydrogen-bond acceptors (Lipinski definition) is 3. The number of aryl methyl sites for hydroxylation is 1. The largest absolute Gasteiger partial charge is 0.325 e. The topological polar surface area (TPSA) is 55.1 Å². The lowest BCUT2D eigenvalue weighted by Gasteiger charge is -2.12. The molecular weight excluding hydrogens is 300 g/mol. The standard InChI is InChI=1S/C12H17BrN2OS/c1-8-5-9(13)7-10(6-8)15-12(16)11(14)3-4-17-2/h5-7,11H,3-4,14H2,1-2H3,(H,15,16)/t11-/m1/s1. The third-order valence-electron chi connectivity index (χ3n) is 2.28. The van der Waals surface area contributed by atoms with Crippen molar-refractivity contribution in [1.82, 2.24) is 0 Å². The number of nitrogens with two attached hydrogens (primary N) is 1. The smallest absolute Gasteiger partial charge is 0.241 e. The Labute approximate surface area is 115 Å². The molecule has 0 heterocycles. The van der Waals surface area contributed by atoms with E-state index in [0.717, 1.165) is 21.5 Å². The first-order valence-corrected chi connectivity index (χ1v) is 7.54. The van der Waals surface area contributed by atoms with E-state index in [1.807, 2.05) is 31.4 Å². The maximum Gasteiger partial charge on any atom is 0.241 e. The minimum absolute atomic E-state index is 0.128. The van der Waals surface area contributed by atoms with Gasteiger partial charge in [0.25, 0.3) is 0 Å². The molecule has 0 aromatic heterocycles. The molecule has 0 aliphatic rings. The summed E-state index contributed by atoms with van der Waals surface area (Å²) in [6.07, 6.45) is 2.70. The number of anilines is 1. The van der Waals surface area contributed by atoms with E-state index in [0.29, 0.717) is 6.42 Å². The molecule has 3 nitrogen and oxygen atoms in total. The molecular formula is C12H17BrN2OS. The predicted molar refractivity (Wildman–Crippen MR) is 78.5 cm³/mol. The summed E-state index contributed by atoms with van der Waals surface area (Å²) in [7, 11) is 0. The van der Waals surface area contributed by atoms with Crippen molar-refractivity contribution in [1.29, 1.82) is 0 Å². The van der Waals surface area contributed by atoms with Crippen molar-refractivity contribution in [2.75, 3.05) is 17.3 Å². The molecule has 0 fully saturated rings. The Bertz CT molecular complexity index is 378. The van der Waals surface area contributed by atoms with Gasteiger partial charge in [-0.1, -0.05) is 15.9 Å². The van der Waals surface area contributed by atoms with E-state index < -0.39 is 6.04 Å². The minimum atomic E-state index is -0.443. The molecule has 1 aromatic carbocycles. The van der Waals surface area contributed by atoms with Crippen LogP contribution < -0.4 is 11.1 Å². The average Bonchev–Trinajstić information content (AvgIpc) is 2.24. The van der Waals surface area contributed by atoms with Gasteiger partial charge in [0, 0.05) is 10.2 Å². The summed E-state index contributed by atoms with van der Waals surface area (Å²) < 4.78 is 0.950. The molecule has 0 radical (unpaired) electrons. The highest BCUT2D eigenvalue weighted by Crippen LogP contribution is 2.19. The van der Waals surface area contributed by atoms with Gasteiger partial charge in [-0.05, 0) is 49.1 Å². The van der Waals surface area contributed by atoms with Gasteiger partial charge in [-0.25, -0.2) is 0 Å². The molecule has 0 aliphatic carbocycles. The molecule has 0 unspecified atom stereocenters. The molecule has 0 aliphatic heterocycles. The Hall–Kier alpha value is -0.520. The second-order valence-electron chi connectivity index (χ2n) is 3.89. The van der Waals surface area contributed by atoms with Gasteiger partial charge < -0.3 is 11.1 Å². The Kier molecular flexibility index (Phi) is 6.02. The maximum atomic E-state index is 11.8. The van der Waals surface area contributed by atoms with Gasteiger partial charge in [0.2, 0.25) is 5.91 Å². The van der Waals surface area contributed by atoms with E-state index in [9.17, 15) is 4.79 Å². The van der Waals surface area contributed by atoms with Gasteiger partial charge in [0.1, 0.15) is 0 Å². The first-order valence-electron chi connectivity index (χ1n) is 5.35. The van der Waals surface area contributed by atoms with Gasteiger partial charge in [-0.3, -0.25) is 4.79 Å². The number of carbonyl (C=O) groups is 1. The molecule has 0 saturated carbocycles. The van der Waals surface area contributed by atoms with Crippen LogP contribution in [-0.2, 0) is 4.79 Å². The van der Waals surface area contributed by atoms with Crippen LogP contribution in [0.15, 0.2) is 22.7 Å². The number of thioether (sulfide) groups is 1. The van der Waals surface area contributed by atoms with Crippen LogP contribution in [0, 0.1) is 6.92 Å². The highest BCUT2D eigenvalue weighted by molar-refractivity contribution is 9.10. The fraction of sp³-hybridized carbons (Fsp3) is 0.417. The Morgan fingerprint density at radius 1 is 1.53 bits per heavy atom. The zero-order chi connectivity index (χ0) is 12.8. The van der Waals surface area contributed by atoms with Crippen LogP contribution in [0.5, 0.6) is 0 Å². The molecule has 0 saturated heterocycles. The first-order chi connectivity index (χ1) is 8.02. The van der Waals surface area contributed by atoms with E-state index in [1.165, 1.54) is 0 Å². The lowest BCUT2D eigenvalue weighted by Crippen LogP contribution is -2.36. The predicted octanol–water partition coefficient (Wildman–Crippen LogP) is 2.78. The second-order valence-corrected chi connectivity index (χ2v) is 5.80. The van der Waals surface area contributed by atoms with Crippen LogP contribution in [-0.4, -0.2) is 24.0 Å². The Morgan fingerprint density at radius 2 is 2.24 bits per heavy atom. The maximum absolute atomic E-state index is 11.8. The minimum Gasteiger partial charge on any atom is -0.325 e.